The Morgan fingerprint density at radius 3 is 1.44 bits per heavy atom. The standard InChI is InChI=1S/C62H39N2S2/c1-3-15-41(16-4-1)63-33-34-64(42-17-5-2-6-18-42)58-38-56-54-36-40(44-24-14-26-52-50-22-10-12-28-60(50)66-62(44)52)30-32-48(54)47-31-29-39(35-53(47)45-19-7-8-20-46(45)55(56)37-57(58)63)43-23-13-25-51-49-21-9-11-27-59(49)65-61(43)51/h1-33,35-38H,34H2/q+1. The van der Waals surface area contributed by atoms with Crippen LogP contribution in [-0.2, 0) is 0 Å². The molecule has 0 unspecified atom stereocenters. The van der Waals surface area contributed by atoms with Gasteiger partial charge in [-0.2, -0.15) is 4.58 Å². The molecule has 0 N–H and O–H groups in total. The van der Waals surface area contributed by atoms with Gasteiger partial charge in [-0.25, -0.2) is 0 Å². The van der Waals surface area contributed by atoms with Gasteiger partial charge in [0.1, 0.15) is 12.2 Å². The highest BCUT2D eigenvalue weighted by Crippen LogP contribution is 2.43. The zero-order chi connectivity index (χ0) is 43.3. The first-order valence-corrected chi connectivity index (χ1v) is 24.2. The lowest BCUT2D eigenvalue weighted by atomic mass is 9.95. The summed E-state index contributed by atoms with van der Waals surface area (Å²) in [5.41, 5.74) is 9.64. The molecule has 2 nitrogen and oxygen atoms in total. The number of rotatable bonds is 4. The summed E-state index contributed by atoms with van der Waals surface area (Å²) in [6.07, 6.45) is 2.33. The van der Waals surface area contributed by atoms with Crippen LogP contribution in [0.15, 0.2) is 218 Å². The van der Waals surface area contributed by atoms with Crippen LogP contribution in [0.1, 0.15) is 0 Å². The van der Waals surface area contributed by atoms with Crippen molar-refractivity contribution < 1.29 is 0 Å². The monoisotopic (exact) mass is 875 g/mol. The van der Waals surface area contributed by atoms with Gasteiger partial charge >= 0.3 is 0 Å². The van der Waals surface area contributed by atoms with E-state index in [1.807, 2.05) is 22.7 Å². The fourth-order valence-electron chi connectivity index (χ4n) is 10.7. The zero-order valence-electron chi connectivity index (χ0n) is 35.8. The van der Waals surface area contributed by atoms with Crippen LogP contribution in [0.2, 0.25) is 0 Å². The molecule has 0 saturated carbocycles. The van der Waals surface area contributed by atoms with E-state index in [1.165, 1.54) is 116 Å². The minimum Gasteiger partial charge on any atom is -0.326 e. The van der Waals surface area contributed by atoms with E-state index >= 15 is 0 Å². The Labute approximate surface area is 388 Å². The smallest absolute Gasteiger partial charge is 0.235 e. The number of thiophene rings is 2. The Morgan fingerprint density at radius 2 is 0.833 bits per heavy atom. The summed E-state index contributed by atoms with van der Waals surface area (Å²) in [4.78, 5) is 2.47. The number of hydrogen-bond donors (Lipinski definition) is 0. The zero-order valence-corrected chi connectivity index (χ0v) is 37.4. The number of hydrogen-bond acceptors (Lipinski definition) is 3. The Balaban J connectivity index is 1.16. The Kier molecular flexibility index (Phi) is 8.42. The average Bonchev–Trinajstić information content (AvgIpc) is 3.97. The minimum absolute atomic E-state index is 0.736. The Bertz CT molecular complexity index is 4440. The van der Waals surface area contributed by atoms with Crippen molar-refractivity contribution in [2.24, 2.45) is 0 Å². The van der Waals surface area contributed by atoms with Crippen LogP contribution in [-0.4, -0.2) is 12.8 Å². The number of anilines is 2. The third kappa shape index (κ3) is 5.75. The lowest BCUT2D eigenvalue weighted by molar-refractivity contribution is 0.994. The van der Waals surface area contributed by atoms with Crippen molar-refractivity contribution >= 4 is 92.0 Å². The van der Waals surface area contributed by atoms with E-state index in [1.54, 1.807) is 0 Å². The molecule has 2 aromatic heterocycles. The van der Waals surface area contributed by atoms with E-state index < -0.39 is 0 Å². The number of nitrogens with zero attached hydrogens (tertiary/aromatic N) is 2. The highest BCUT2D eigenvalue weighted by molar-refractivity contribution is 7.26. The van der Waals surface area contributed by atoms with Gasteiger partial charge in [0.25, 0.3) is 0 Å². The molecule has 0 atom stereocenters. The minimum atomic E-state index is 0.736. The number of fused-ring (bicyclic) bond motifs is 11. The van der Waals surface area contributed by atoms with Crippen LogP contribution in [0, 0.1) is 41.7 Å². The van der Waals surface area contributed by atoms with Crippen molar-refractivity contribution in [3.8, 4) is 22.3 Å². The number of benzene rings is 10. The molecule has 1 aliphatic carbocycles. The topological polar surface area (TPSA) is 6.25 Å². The van der Waals surface area contributed by atoms with Crippen LogP contribution in [0.5, 0.6) is 0 Å². The summed E-state index contributed by atoms with van der Waals surface area (Å²) in [5.74, 6) is 0. The van der Waals surface area contributed by atoms with Crippen LogP contribution >= 0.6 is 22.7 Å². The molecule has 1 aliphatic heterocycles. The van der Waals surface area contributed by atoms with E-state index in [4.69, 9.17) is 0 Å². The quantitative estimate of drug-likeness (QED) is 0.160. The third-order valence-corrected chi connectivity index (χ3v) is 16.2. The van der Waals surface area contributed by atoms with Crippen molar-refractivity contribution in [1.29, 1.82) is 0 Å². The first-order valence-electron chi connectivity index (χ1n) is 22.6. The number of para-hydroxylation sites is 2. The Morgan fingerprint density at radius 1 is 0.364 bits per heavy atom. The normalized spacial score (nSPS) is 12.8. The first kappa shape index (κ1) is 37.5. The molecule has 0 saturated heterocycles. The summed E-state index contributed by atoms with van der Waals surface area (Å²) < 4.78 is 7.69. The highest BCUT2D eigenvalue weighted by atomic mass is 32.1. The maximum absolute atomic E-state index is 2.49. The summed E-state index contributed by atoms with van der Waals surface area (Å²) in [6.45, 7) is 0.736. The van der Waals surface area contributed by atoms with Crippen LogP contribution in [0.3, 0.4) is 0 Å². The lowest BCUT2D eigenvalue weighted by Gasteiger charge is -2.27. The van der Waals surface area contributed by atoms with E-state index in [0.29, 0.717) is 0 Å². The maximum atomic E-state index is 2.49. The van der Waals surface area contributed by atoms with Gasteiger partial charge in [-0.1, -0.05) is 158 Å². The molecule has 12 aromatic rings. The summed E-state index contributed by atoms with van der Waals surface area (Å²) in [7, 11) is 0. The van der Waals surface area contributed by atoms with Crippen LogP contribution in [0.25, 0.3) is 62.6 Å². The molecule has 10 aromatic carbocycles. The van der Waals surface area contributed by atoms with Gasteiger partial charge in [-0.3, -0.25) is 0 Å². The molecule has 0 amide bonds. The highest BCUT2D eigenvalue weighted by Gasteiger charge is 2.28. The largest absolute Gasteiger partial charge is 0.326 e. The van der Waals surface area contributed by atoms with E-state index in [2.05, 4.69) is 234 Å². The molecular formula is C62H39N2S2+. The molecule has 2 aliphatic rings. The van der Waals surface area contributed by atoms with Crippen LogP contribution in [0.4, 0.5) is 22.7 Å². The lowest BCUT2D eigenvalue weighted by Crippen LogP contribution is -2.29. The average molecular weight is 876 g/mol. The maximum Gasteiger partial charge on any atom is 0.235 e. The molecule has 14 rings (SSSR count). The van der Waals surface area contributed by atoms with Crippen molar-refractivity contribution in [1.82, 2.24) is 4.58 Å². The third-order valence-electron chi connectivity index (χ3n) is 13.8. The van der Waals surface area contributed by atoms with Crippen molar-refractivity contribution in [3.63, 3.8) is 0 Å². The predicted molar refractivity (Wildman–Crippen MR) is 281 cm³/mol. The fraction of sp³-hybridized carbons (Fsp3) is 0.0161. The molecule has 3 heterocycles. The van der Waals surface area contributed by atoms with Crippen molar-refractivity contribution in [2.45, 2.75) is 0 Å². The molecule has 66 heavy (non-hydrogen) atoms. The molecule has 308 valence electrons. The summed E-state index contributed by atoms with van der Waals surface area (Å²) >= 11 is 3.79. The van der Waals surface area contributed by atoms with E-state index in [9.17, 15) is 0 Å². The van der Waals surface area contributed by atoms with Gasteiger partial charge in [0.15, 0.2) is 6.21 Å². The summed E-state index contributed by atoms with van der Waals surface area (Å²) in [6, 6.07) is 81.4. The molecule has 0 radical (unpaired) electrons. The molecule has 0 spiro atoms. The van der Waals surface area contributed by atoms with Gasteiger partial charge in [0.2, 0.25) is 11.4 Å². The van der Waals surface area contributed by atoms with Gasteiger partial charge in [0, 0.05) is 64.2 Å². The summed E-state index contributed by atoms with van der Waals surface area (Å²) in [5, 5.41) is 15.1. The second-order valence-corrected chi connectivity index (χ2v) is 19.5. The SMILES string of the molecule is C1=[N+](c2ccccc2)c2cc3c(cc2N(c2ccccc2)C1)=c1cc(-c2cccc4c2sc2ccccc24)ccc1=c1ccc(-c2cccc4c2sc2ccccc24)cc1=c1ccccc1=3. The second-order valence-electron chi connectivity index (χ2n) is 17.3. The van der Waals surface area contributed by atoms with Crippen molar-refractivity contribution in [2.75, 3.05) is 11.4 Å². The molecule has 0 bridgehead atoms. The fourth-order valence-corrected chi connectivity index (χ4v) is 13.2. The van der Waals surface area contributed by atoms with Gasteiger partial charge < -0.3 is 4.90 Å². The first-order chi connectivity index (χ1) is 32.7. The molecule has 0 fully saturated rings. The van der Waals surface area contributed by atoms with Gasteiger partial charge in [-0.15, -0.1) is 22.7 Å². The van der Waals surface area contributed by atoms with Gasteiger partial charge in [-0.05, 0) is 106 Å². The predicted octanol–water partition coefficient (Wildman–Crippen LogP) is 16.3. The van der Waals surface area contributed by atoms with Crippen molar-refractivity contribution in [3.05, 3.63) is 260 Å². The Hall–Kier alpha value is -7.89. The van der Waals surface area contributed by atoms with E-state index in [-0.39, 0.29) is 0 Å². The second kappa shape index (κ2) is 14.8. The van der Waals surface area contributed by atoms with Gasteiger partial charge in [0.05, 0.1) is 0 Å². The van der Waals surface area contributed by atoms with Crippen LogP contribution < -0.4 is 9.48 Å². The van der Waals surface area contributed by atoms with E-state index in [0.717, 1.165) is 17.9 Å². The molecule has 4 heteroatoms. The molecular weight excluding hydrogens is 837 g/mol.